The second kappa shape index (κ2) is 7.16. The number of hydrogen-bond acceptors (Lipinski definition) is 3. The first-order valence-corrected chi connectivity index (χ1v) is 7.17. The molecule has 21 heavy (non-hydrogen) atoms. The molecule has 0 heterocycles. The van der Waals surface area contributed by atoms with Crippen LogP contribution in [0.15, 0.2) is 53.4 Å². The van der Waals surface area contributed by atoms with Crippen LogP contribution >= 0.6 is 0 Å². The van der Waals surface area contributed by atoms with Gasteiger partial charge in [0.15, 0.2) is 0 Å². The number of benzene rings is 2. The molecule has 0 radical (unpaired) electrons. The standard InChI is InChI=1S/C8H7N.C8H6O3S/c1-2-7-3-5-8(9)6-4-7;1-2-7-3-5-8(6-4-7)12(9,10)11/h1,3-6H,9H2;1,3-6H,(H,9,10,11). The van der Waals surface area contributed by atoms with Gasteiger partial charge in [-0.2, -0.15) is 8.42 Å². The van der Waals surface area contributed by atoms with E-state index in [0.29, 0.717) is 5.56 Å². The second-order valence-electron chi connectivity index (χ2n) is 3.91. The van der Waals surface area contributed by atoms with Crippen LogP contribution in [0.5, 0.6) is 0 Å². The molecule has 0 bridgehead atoms. The zero-order valence-corrected chi connectivity index (χ0v) is 11.8. The molecule has 0 aliphatic heterocycles. The number of anilines is 1. The van der Waals surface area contributed by atoms with Crippen LogP contribution in [0.2, 0.25) is 0 Å². The van der Waals surface area contributed by atoms with E-state index in [0.717, 1.165) is 11.3 Å². The van der Waals surface area contributed by atoms with Gasteiger partial charge >= 0.3 is 0 Å². The van der Waals surface area contributed by atoms with Crippen LogP contribution in [0.1, 0.15) is 11.1 Å². The summed E-state index contributed by atoms with van der Waals surface area (Å²) in [7, 11) is -4.10. The third-order valence-electron chi connectivity index (χ3n) is 2.40. The van der Waals surface area contributed by atoms with Crippen LogP contribution in [0.25, 0.3) is 0 Å². The van der Waals surface area contributed by atoms with Gasteiger partial charge in [-0.15, -0.1) is 12.8 Å². The van der Waals surface area contributed by atoms with Crippen molar-refractivity contribution >= 4 is 15.8 Å². The molecule has 0 saturated heterocycles. The highest BCUT2D eigenvalue weighted by Crippen LogP contribution is 2.08. The van der Waals surface area contributed by atoms with Crippen molar-refractivity contribution in [3.63, 3.8) is 0 Å². The predicted octanol–water partition coefficient (Wildman–Crippen LogP) is 2.16. The maximum Gasteiger partial charge on any atom is 0.294 e. The average Bonchev–Trinajstić information content (AvgIpc) is 2.48. The first-order chi connectivity index (χ1) is 9.86. The van der Waals surface area contributed by atoms with E-state index in [2.05, 4.69) is 11.8 Å². The quantitative estimate of drug-likeness (QED) is 0.480. The fraction of sp³-hybridized carbons (Fsp3) is 0. The van der Waals surface area contributed by atoms with E-state index in [9.17, 15) is 8.42 Å². The van der Waals surface area contributed by atoms with Crippen LogP contribution in [0.4, 0.5) is 5.69 Å². The van der Waals surface area contributed by atoms with Gasteiger partial charge in [-0.3, -0.25) is 4.55 Å². The summed E-state index contributed by atoms with van der Waals surface area (Å²) in [5.74, 6) is 4.83. The highest BCUT2D eigenvalue weighted by Gasteiger charge is 2.07. The minimum Gasteiger partial charge on any atom is -0.399 e. The Hall–Kier alpha value is -2.73. The molecular weight excluding hydrogens is 286 g/mol. The normalized spacial score (nSPS) is 9.67. The van der Waals surface area contributed by atoms with Crippen LogP contribution in [-0.2, 0) is 10.1 Å². The van der Waals surface area contributed by atoms with Crippen molar-refractivity contribution in [3.8, 4) is 24.7 Å². The molecule has 4 nitrogen and oxygen atoms in total. The van der Waals surface area contributed by atoms with E-state index in [1.54, 1.807) is 12.1 Å². The summed E-state index contributed by atoms with van der Waals surface area (Å²) in [5, 5.41) is 0. The van der Waals surface area contributed by atoms with Crippen molar-refractivity contribution in [2.45, 2.75) is 4.90 Å². The lowest BCUT2D eigenvalue weighted by Gasteiger charge is -1.95. The molecular formula is C16H13NO3S. The van der Waals surface area contributed by atoms with Gasteiger partial charge in [0.2, 0.25) is 0 Å². The summed E-state index contributed by atoms with van der Waals surface area (Å²) >= 11 is 0. The van der Waals surface area contributed by atoms with Crippen LogP contribution < -0.4 is 5.73 Å². The highest BCUT2D eigenvalue weighted by molar-refractivity contribution is 7.85. The van der Waals surface area contributed by atoms with Gasteiger partial charge in [0.25, 0.3) is 10.1 Å². The van der Waals surface area contributed by atoms with E-state index in [1.807, 2.05) is 12.1 Å². The summed E-state index contributed by atoms with van der Waals surface area (Å²) in [4.78, 5) is -0.151. The molecule has 106 valence electrons. The second-order valence-corrected chi connectivity index (χ2v) is 5.33. The molecule has 0 aromatic heterocycles. The molecule has 0 aliphatic carbocycles. The first kappa shape index (κ1) is 16.3. The molecule has 0 saturated carbocycles. The SMILES string of the molecule is C#Cc1ccc(N)cc1.C#Cc1ccc(S(=O)(=O)O)cc1. The van der Waals surface area contributed by atoms with Gasteiger partial charge in [-0.05, 0) is 48.5 Å². The monoisotopic (exact) mass is 299 g/mol. The Morgan fingerprint density at radius 3 is 1.57 bits per heavy atom. The molecule has 0 atom stereocenters. The Kier molecular flexibility index (Phi) is 5.57. The largest absolute Gasteiger partial charge is 0.399 e. The zero-order chi connectivity index (χ0) is 15.9. The molecule has 3 N–H and O–H groups in total. The first-order valence-electron chi connectivity index (χ1n) is 5.73. The molecule has 0 spiro atoms. The lowest BCUT2D eigenvalue weighted by molar-refractivity contribution is 0.483. The average molecular weight is 299 g/mol. The fourth-order valence-corrected chi connectivity index (χ4v) is 1.78. The van der Waals surface area contributed by atoms with Gasteiger partial charge in [0.1, 0.15) is 0 Å². The lowest BCUT2D eigenvalue weighted by atomic mass is 10.2. The van der Waals surface area contributed by atoms with Gasteiger partial charge in [0.05, 0.1) is 4.90 Å². The van der Waals surface area contributed by atoms with E-state index in [4.69, 9.17) is 23.1 Å². The van der Waals surface area contributed by atoms with Crippen LogP contribution in [-0.4, -0.2) is 13.0 Å². The minimum absolute atomic E-state index is 0.151. The molecule has 2 aromatic carbocycles. The Bertz CT molecular complexity index is 777. The van der Waals surface area contributed by atoms with Crippen molar-refractivity contribution in [3.05, 3.63) is 59.7 Å². The van der Waals surface area contributed by atoms with E-state index in [-0.39, 0.29) is 4.90 Å². The summed E-state index contributed by atoms with van der Waals surface area (Å²) in [6, 6.07) is 12.6. The molecule has 0 amide bonds. The summed E-state index contributed by atoms with van der Waals surface area (Å²) in [6.07, 6.45) is 10.2. The molecule has 2 aromatic rings. The zero-order valence-electron chi connectivity index (χ0n) is 11.0. The Labute approximate surface area is 124 Å². The topological polar surface area (TPSA) is 80.4 Å². The van der Waals surface area contributed by atoms with E-state index >= 15 is 0 Å². The predicted molar refractivity (Wildman–Crippen MR) is 83.0 cm³/mol. The smallest absolute Gasteiger partial charge is 0.294 e. The minimum atomic E-state index is -4.10. The van der Waals surface area contributed by atoms with E-state index in [1.165, 1.54) is 24.3 Å². The van der Waals surface area contributed by atoms with Crippen molar-refractivity contribution in [1.82, 2.24) is 0 Å². The van der Waals surface area contributed by atoms with E-state index < -0.39 is 10.1 Å². The van der Waals surface area contributed by atoms with Gasteiger partial charge in [-0.25, -0.2) is 0 Å². The maximum atomic E-state index is 10.5. The Morgan fingerprint density at radius 2 is 1.24 bits per heavy atom. The number of nitrogens with two attached hydrogens (primary N) is 1. The van der Waals surface area contributed by atoms with Gasteiger partial charge in [-0.1, -0.05) is 11.8 Å². The molecule has 0 fully saturated rings. The number of rotatable bonds is 1. The van der Waals surface area contributed by atoms with Crippen molar-refractivity contribution in [1.29, 1.82) is 0 Å². The Balaban J connectivity index is 0.000000219. The van der Waals surface area contributed by atoms with Gasteiger partial charge < -0.3 is 5.73 Å². The number of nitrogen functional groups attached to an aromatic ring is 1. The third-order valence-corrected chi connectivity index (χ3v) is 3.26. The van der Waals surface area contributed by atoms with Crippen molar-refractivity contribution in [2.24, 2.45) is 0 Å². The third kappa shape index (κ3) is 5.42. The summed E-state index contributed by atoms with van der Waals surface area (Å²) in [5.41, 5.74) is 7.59. The molecule has 2 rings (SSSR count). The number of terminal acetylenes is 2. The lowest BCUT2D eigenvalue weighted by Crippen LogP contribution is -1.97. The fourth-order valence-electron chi connectivity index (χ4n) is 1.30. The molecule has 0 aliphatic rings. The van der Waals surface area contributed by atoms with Crippen LogP contribution in [0, 0.1) is 24.7 Å². The maximum absolute atomic E-state index is 10.5. The van der Waals surface area contributed by atoms with Crippen molar-refractivity contribution in [2.75, 3.05) is 5.73 Å². The van der Waals surface area contributed by atoms with Crippen molar-refractivity contribution < 1.29 is 13.0 Å². The highest BCUT2D eigenvalue weighted by atomic mass is 32.2. The Morgan fingerprint density at radius 1 is 0.857 bits per heavy atom. The summed E-state index contributed by atoms with van der Waals surface area (Å²) < 4.78 is 29.6. The van der Waals surface area contributed by atoms with Crippen LogP contribution in [0.3, 0.4) is 0 Å². The number of hydrogen-bond donors (Lipinski definition) is 2. The molecule has 5 heteroatoms. The van der Waals surface area contributed by atoms with Gasteiger partial charge in [0, 0.05) is 16.8 Å². The molecule has 0 unspecified atom stereocenters. The summed E-state index contributed by atoms with van der Waals surface area (Å²) in [6.45, 7) is 0.